The number of hydrogen-bond donors (Lipinski definition) is 4. The third-order valence-electron chi connectivity index (χ3n) is 0.549. The highest BCUT2D eigenvalue weighted by Gasteiger charge is 1.88. The number of carbonyl (C=O) groups excluding carboxylic acids is 1. The van der Waals surface area contributed by atoms with Gasteiger partial charge in [0.15, 0.2) is 0 Å². The number of nitrogens with zero attached hydrogens (tertiary/aromatic N) is 1. The summed E-state index contributed by atoms with van der Waals surface area (Å²) in [7, 11) is 1.39. The molecule has 0 aromatic carbocycles. The lowest BCUT2D eigenvalue weighted by atomic mass is 10.7. The maximum absolute atomic E-state index is 9.90. The Labute approximate surface area is 68.1 Å². The SMILES string of the molecule is CNC(=O)NN=O.NCC(=O)O. The molecular formula is C4H10N4O4. The lowest BCUT2D eigenvalue weighted by Gasteiger charge is -1.88. The molecule has 0 spiro atoms. The van der Waals surface area contributed by atoms with Crippen LogP contribution in [0, 0.1) is 4.91 Å². The lowest BCUT2D eigenvalue weighted by molar-refractivity contribution is -0.135. The molecule has 0 atom stereocenters. The van der Waals surface area contributed by atoms with Crippen LogP contribution in [0.15, 0.2) is 5.29 Å². The average Bonchev–Trinajstić information content (AvgIpc) is 2.06. The first-order valence-corrected chi connectivity index (χ1v) is 2.80. The van der Waals surface area contributed by atoms with Gasteiger partial charge in [-0.2, -0.15) is 5.43 Å². The van der Waals surface area contributed by atoms with Gasteiger partial charge in [0.25, 0.3) is 0 Å². The van der Waals surface area contributed by atoms with Crippen molar-refractivity contribution in [3.8, 4) is 0 Å². The molecule has 8 heteroatoms. The molecule has 70 valence electrons. The molecule has 0 heterocycles. The Balaban J connectivity index is 0. The van der Waals surface area contributed by atoms with E-state index in [1.165, 1.54) is 7.05 Å². The minimum atomic E-state index is -0.968. The largest absolute Gasteiger partial charge is 0.480 e. The summed E-state index contributed by atoms with van der Waals surface area (Å²) in [6.45, 7) is -0.278. The molecule has 0 aliphatic heterocycles. The number of carboxylic acids is 1. The number of amides is 2. The Kier molecular flexibility index (Phi) is 10.0. The summed E-state index contributed by atoms with van der Waals surface area (Å²) in [5.41, 5.74) is 6.19. The van der Waals surface area contributed by atoms with Crippen LogP contribution < -0.4 is 16.5 Å². The van der Waals surface area contributed by atoms with Crippen LogP contribution in [-0.2, 0) is 4.79 Å². The molecule has 0 aliphatic rings. The van der Waals surface area contributed by atoms with Gasteiger partial charge in [0.2, 0.25) is 0 Å². The van der Waals surface area contributed by atoms with E-state index in [1.807, 2.05) is 0 Å². The summed E-state index contributed by atoms with van der Waals surface area (Å²) in [4.78, 5) is 28.3. The first-order chi connectivity index (χ1) is 5.58. The first kappa shape index (κ1) is 12.9. The van der Waals surface area contributed by atoms with Crippen molar-refractivity contribution in [1.29, 1.82) is 0 Å². The summed E-state index contributed by atoms with van der Waals surface area (Å²) in [6.07, 6.45) is 0. The highest BCUT2D eigenvalue weighted by Crippen LogP contribution is 1.56. The first-order valence-electron chi connectivity index (χ1n) is 2.80. The Morgan fingerprint density at radius 3 is 2.08 bits per heavy atom. The van der Waals surface area contributed by atoms with Gasteiger partial charge >= 0.3 is 12.0 Å². The second-order valence-electron chi connectivity index (χ2n) is 1.38. The number of aliphatic carboxylic acids is 1. The van der Waals surface area contributed by atoms with Crippen molar-refractivity contribution in [2.24, 2.45) is 11.0 Å². The van der Waals surface area contributed by atoms with Gasteiger partial charge in [-0.05, 0) is 0 Å². The fourth-order valence-electron chi connectivity index (χ4n) is 0.0974. The maximum atomic E-state index is 9.90. The Morgan fingerprint density at radius 2 is 2.00 bits per heavy atom. The molecule has 0 aromatic heterocycles. The van der Waals surface area contributed by atoms with Gasteiger partial charge in [-0.1, -0.05) is 0 Å². The topological polar surface area (TPSA) is 134 Å². The van der Waals surface area contributed by atoms with Gasteiger partial charge in [-0.15, -0.1) is 4.91 Å². The van der Waals surface area contributed by atoms with Crippen LogP contribution in [-0.4, -0.2) is 30.7 Å². The molecule has 12 heavy (non-hydrogen) atoms. The number of nitroso groups, excluding NO2 is 1. The number of nitrogens with one attached hydrogen (secondary N) is 2. The van der Waals surface area contributed by atoms with Crippen molar-refractivity contribution in [1.82, 2.24) is 10.7 Å². The molecule has 0 aliphatic carbocycles. The van der Waals surface area contributed by atoms with Crippen LogP contribution >= 0.6 is 0 Å². The monoisotopic (exact) mass is 178 g/mol. The smallest absolute Gasteiger partial charge is 0.337 e. The second-order valence-corrected chi connectivity index (χ2v) is 1.38. The number of urea groups is 1. The quantitative estimate of drug-likeness (QED) is 0.305. The fourth-order valence-corrected chi connectivity index (χ4v) is 0.0974. The zero-order chi connectivity index (χ0) is 9.98. The fraction of sp³-hybridized carbons (Fsp3) is 0.500. The molecular weight excluding hydrogens is 168 g/mol. The molecule has 0 aromatic rings. The Bertz CT molecular complexity index is 159. The van der Waals surface area contributed by atoms with E-state index >= 15 is 0 Å². The molecule has 0 saturated heterocycles. The van der Waals surface area contributed by atoms with E-state index in [4.69, 9.17) is 10.0 Å². The minimum Gasteiger partial charge on any atom is -0.480 e. The number of hydrogen-bond acceptors (Lipinski definition) is 5. The minimum absolute atomic E-state index is 0.278. The summed E-state index contributed by atoms with van der Waals surface area (Å²) in [5, 5.41) is 11.8. The highest BCUT2D eigenvalue weighted by atomic mass is 16.4. The number of nitrogens with two attached hydrogens (primary N) is 1. The normalized spacial score (nSPS) is 7.17. The van der Waals surface area contributed by atoms with Crippen molar-refractivity contribution >= 4 is 12.0 Å². The molecule has 0 saturated carbocycles. The van der Waals surface area contributed by atoms with E-state index in [9.17, 15) is 9.59 Å². The van der Waals surface area contributed by atoms with E-state index < -0.39 is 12.0 Å². The number of carbonyl (C=O) groups is 2. The number of rotatable bonds is 2. The van der Waals surface area contributed by atoms with E-state index in [2.05, 4.69) is 16.3 Å². The predicted octanol–water partition coefficient (Wildman–Crippen LogP) is -1.37. The maximum Gasteiger partial charge on any atom is 0.337 e. The zero-order valence-corrected chi connectivity index (χ0v) is 6.40. The molecule has 0 rings (SSSR count). The van der Waals surface area contributed by atoms with Crippen molar-refractivity contribution in [2.45, 2.75) is 0 Å². The summed E-state index contributed by atoms with van der Waals surface area (Å²) >= 11 is 0. The van der Waals surface area contributed by atoms with E-state index in [1.54, 1.807) is 5.43 Å². The van der Waals surface area contributed by atoms with Gasteiger partial charge in [-0.3, -0.25) is 4.79 Å². The van der Waals surface area contributed by atoms with E-state index in [0.717, 1.165) is 0 Å². The van der Waals surface area contributed by atoms with Gasteiger partial charge in [0, 0.05) is 7.05 Å². The summed E-state index contributed by atoms with van der Waals surface area (Å²) in [5.74, 6) is -0.968. The summed E-state index contributed by atoms with van der Waals surface area (Å²) in [6, 6.07) is -0.602. The standard InChI is InChI=1S/C2H5N3O2.C2H5NO2/c1-3-2(6)4-5-7;3-1-2(4)5/h1H3,(H2,3,4,6,7);1,3H2,(H,4,5). The second kappa shape index (κ2) is 9.30. The molecule has 5 N–H and O–H groups in total. The number of carboxylic acid groups (broad SMARTS) is 1. The van der Waals surface area contributed by atoms with Gasteiger partial charge in [0.1, 0.15) is 0 Å². The average molecular weight is 178 g/mol. The van der Waals surface area contributed by atoms with Gasteiger partial charge < -0.3 is 16.2 Å². The third-order valence-corrected chi connectivity index (χ3v) is 0.549. The summed E-state index contributed by atoms with van der Waals surface area (Å²) < 4.78 is 0. The van der Waals surface area contributed by atoms with Crippen molar-refractivity contribution in [3.05, 3.63) is 4.91 Å². The van der Waals surface area contributed by atoms with Crippen LogP contribution in [0.4, 0.5) is 4.79 Å². The molecule has 0 radical (unpaired) electrons. The lowest BCUT2D eigenvalue weighted by Crippen LogP contribution is -2.27. The zero-order valence-electron chi connectivity index (χ0n) is 6.40. The predicted molar refractivity (Wildman–Crippen MR) is 40.1 cm³/mol. The van der Waals surface area contributed by atoms with Crippen LogP contribution in [0.1, 0.15) is 0 Å². The van der Waals surface area contributed by atoms with Crippen molar-refractivity contribution < 1.29 is 14.7 Å². The van der Waals surface area contributed by atoms with Crippen LogP contribution in [0.2, 0.25) is 0 Å². The molecule has 2 amide bonds. The molecule has 0 unspecified atom stereocenters. The van der Waals surface area contributed by atoms with E-state index in [0.29, 0.717) is 0 Å². The molecule has 0 fully saturated rings. The van der Waals surface area contributed by atoms with Crippen LogP contribution in [0.5, 0.6) is 0 Å². The van der Waals surface area contributed by atoms with Gasteiger partial charge in [0.05, 0.1) is 11.8 Å². The van der Waals surface area contributed by atoms with Crippen molar-refractivity contribution in [2.75, 3.05) is 13.6 Å². The third kappa shape index (κ3) is 15.7. The van der Waals surface area contributed by atoms with Crippen LogP contribution in [0.3, 0.4) is 0 Å². The highest BCUT2D eigenvalue weighted by molar-refractivity contribution is 5.72. The van der Waals surface area contributed by atoms with Gasteiger partial charge in [-0.25, -0.2) is 4.79 Å². The molecule has 8 nitrogen and oxygen atoms in total. The molecule has 0 bridgehead atoms. The van der Waals surface area contributed by atoms with Crippen LogP contribution in [0.25, 0.3) is 0 Å². The van der Waals surface area contributed by atoms with E-state index in [-0.39, 0.29) is 6.54 Å². The van der Waals surface area contributed by atoms with Crippen molar-refractivity contribution in [3.63, 3.8) is 0 Å². The Hall–Kier alpha value is -1.70. The Morgan fingerprint density at radius 1 is 1.58 bits per heavy atom.